The van der Waals surface area contributed by atoms with Crippen LogP contribution in [0.5, 0.6) is 0 Å². The van der Waals surface area contributed by atoms with Gasteiger partial charge in [-0.1, -0.05) is 52.7 Å². The van der Waals surface area contributed by atoms with Crippen molar-refractivity contribution in [3.8, 4) is 17.2 Å². The molecule has 4 heteroatoms. The number of benzene rings is 1. The second-order valence-electron chi connectivity index (χ2n) is 5.52. The van der Waals surface area contributed by atoms with Crippen molar-refractivity contribution in [3.05, 3.63) is 50.7 Å². The molecule has 0 fully saturated rings. The van der Waals surface area contributed by atoms with Gasteiger partial charge >= 0.3 is 0 Å². The van der Waals surface area contributed by atoms with Gasteiger partial charge in [0.25, 0.3) is 0 Å². The molecule has 2 nitrogen and oxygen atoms in total. The van der Waals surface area contributed by atoms with Crippen LogP contribution in [0.3, 0.4) is 0 Å². The maximum Gasteiger partial charge on any atom is 0.147 e. The van der Waals surface area contributed by atoms with Crippen molar-refractivity contribution in [1.82, 2.24) is 4.98 Å². The summed E-state index contributed by atoms with van der Waals surface area (Å²) in [5, 5.41) is 9.85. The molecule has 0 saturated heterocycles. The highest BCUT2D eigenvalue weighted by Crippen LogP contribution is 2.40. The average Bonchev–Trinajstić information content (AvgIpc) is 2.47. The molecule has 3 rings (SSSR count). The molecule has 21 heavy (non-hydrogen) atoms. The summed E-state index contributed by atoms with van der Waals surface area (Å²) in [6.07, 6.45) is 3.00. The lowest BCUT2D eigenvalue weighted by Gasteiger charge is -2.25. The van der Waals surface area contributed by atoms with Crippen molar-refractivity contribution in [1.29, 1.82) is 5.26 Å². The number of aromatic nitrogens is 1. The molecule has 0 aliphatic heterocycles. The molecule has 0 radical (unpaired) electrons. The number of hydrogen-bond donors (Lipinski definition) is 0. The molecule has 2 aromatic rings. The number of aryl methyl sites for hydroxylation is 1. The Bertz CT molecular complexity index is 749. The van der Waals surface area contributed by atoms with Crippen molar-refractivity contribution < 1.29 is 0 Å². The van der Waals surface area contributed by atoms with Gasteiger partial charge in [-0.3, -0.25) is 0 Å². The fraction of sp³-hybridized carbons (Fsp3) is 0.294. The van der Waals surface area contributed by atoms with Crippen LogP contribution in [0.15, 0.2) is 28.7 Å². The van der Waals surface area contributed by atoms with E-state index < -0.39 is 0 Å². The molecule has 1 aliphatic carbocycles. The molecule has 1 unspecified atom stereocenters. The van der Waals surface area contributed by atoms with Crippen LogP contribution in [0.25, 0.3) is 11.1 Å². The lowest BCUT2D eigenvalue weighted by molar-refractivity contribution is 0.494. The Kier molecular flexibility index (Phi) is 4.01. The van der Waals surface area contributed by atoms with Gasteiger partial charge in [0.2, 0.25) is 0 Å². The van der Waals surface area contributed by atoms with E-state index in [0.29, 0.717) is 16.6 Å². The first-order valence-corrected chi connectivity index (χ1v) is 8.15. The number of nitriles is 1. The van der Waals surface area contributed by atoms with E-state index in [2.05, 4.69) is 33.9 Å². The summed E-state index contributed by atoms with van der Waals surface area (Å²) in [6.45, 7) is 2.24. The van der Waals surface area contributed by atoms with E-state index in [1.165, 1.54) is 5.56 Å². The standard InChI is InChI=1S/C17H14BrClN2/c1-10-6-7-15-12(8-10)16(13(9-20)17(19)21-15)11-4-2-3-5-14(11)18/h2-5,10H,6-8H2,1H3. The molecule has 0 amide bonds. The van der Waals surface area contributed by atoms with Crippen molar-refractivity contribution in [3.63, 3.8) is 0 Å². The van der Waals surface area contributed by atoms with Gasteiger partial charge in [0.05, 0.1) is 5.56 Å². The molecule has 0 saturated carbocycles. The summed E-state index contributed by atoms with van der Waals surface area (Å²) in [5.74, 6) is 0.605. The number of hydrogen-bond acceptors (Lipinski definition) is 2. The molecule has 0 spiro atoms. The highest BCUT2D eigenvalue weighted by Gasteiger charge is 2.25. The fourth-order valence-electron chi connectivity index (χ4n) is 2.96. The van der Waals surface area contributed by atoms with Crippen LogP contribution in [-0.2, 0) is 12.8 Å². The Morgan fingerprint density at radius 3 is 2.86 bits per heavy atom. The summed E-state index contributed by atoms with van der Waals surface area (Å²) in [5.41, 5.74) is 4.68. The van der Waals surface area contributed by atoms with Crippen molar-refractivity contribution in [2.75, 3.05) is 0 Å². The molecule has 1 atom stereocenters. The first-order chi connectivity index (χ1) is 10.1. The van der Waals surface area contributed by atoms with E-state index in [0.717, 1.165) is 40.6 Å². The van der Waals surface area contributed by atoms with Crippen LogP contribution in [0.2, 0.25) is 5.15 Å². The van der Waals surface area contributed by atoms with Gasteiger partial charge in [-0.25, -0.2) is 4.98 Å². The molecule has 1 aromatic carbocycles. The van der Waals surface area contributed by atoms with Crippen LogP contribution in [-0.4, -0.2) is 4.98 Å². The van der Waals surface area contributed by atoms with Gasteiger partial charge < -0.3 is 0 Å². The van der Waals surface area contributed by atoms with Crippen LogP contribution in [0, 0.1) is 17.2 Å². The third kappa shape index (κ3) is 2.59. The molecular weight excluding hydrogens is 348 g/mol. The summed E-state index contributed by atoms with van der Waals surface area (Å²) < 4.78 is 0.976. The average molecular weight is 362 g/mol. The maximum atomic E-state index is 9.53. The zero-order valence-electron chi connectivity index (χ0n) is 11.7. The highest BCUT2D eigenvalue weighted by atomic mass is 79.9. The number of halogens is 2. The van der Waals surface area contributed by atoms with Crippen LogP contribution in [0.1, 0.15) is 30.2 Å². The van der Waals surface area contributed by atoms with Gasteiger partial charge in [0.1, 0.15) is 11.2 Å². The predicted molar refractivity (Wildman–Crippen MR) is 88.3 cm³/mol. The maximum absolute atomic E-state index is 9.53. The molecule has 1 aromatic heterocycles. The molecule has 106 valence electrons. The van der Waals surface area contributed by atoms with Crippen molar-refractivity contribution in [2.45, 2.75) is 26.2 Å². The minimum atomic E-state index is 0.316. The minimum absolute atomic E-state index is 0.316. The highest BCUT2D eigenvalue weighted by molar-refractivity contribution is 9.10. The van der Waals surface area contributed by atoms with Gasteiger partial charge in [-0.15, -0.1) is 0 Å². The van der Waals surface area contributed by atoms with Gasteiger partial charge in [0, 0.05) is 15.7 Å². The molecule has 1 heterocycles. The third-order valence-corrected chi connectivity index (χ3v) is 4.99. The van der Waals surface area contributed by atoms with E-state index in [4.69, 9.17) is 11.6 Å². The fourth-order valence-corrected chi connectivity index (χ4v) is 3.69. The monoisotopic (exact) mass is 360 g/mol. The smallest absolute Gasteiger partial charge is 0.147 e. The van der Waals surface area contributed by atoms with E-state index >= 15 is 0 Å². The number of pyridine rings is 1. The van der Waals surface area contributed by atoms with E-state index in [1.54, 1.807) is 0 Å². The summed E-state index contributed by atoms with van der Waals surface area (Å²) in [7, 11) is 0. The minimum Gasteiger partial charge on any atom is -0.239 e. The summed E-state index contributed by atoms with van der Waals surface area (Å²) >= 11 is 9.85. The van der Waals surface area contributed by atoms with Crippen molar-refractivity contribution in [2.24, 2.45) is 5.92 Å². The van der Waals surface area contributed by atoms with Gasteiger partial charge in [0.15, 0.2) is 0 Å². The quantitative estimate of drug-likeness (QED) is 0.658. The zero-order valence-corrected chi connectivity index (χ0v) is 14.0. The van der Waals surface area contributed by atoms with Crippen LogP contribution in [0.4, 0.5) is 0 Å². The van der Waals surface area contributed by atoms with Crippen LogP contribution >= 0.6 is 27.5 Å². The van der Waals surface area contributed by atoms with E-state index in [1.807, 2.05) is 24.3 Å². The first kappa shape index (κ1) is 14.6. The number of rotatable bonds is 1. The van der Waals surface area contributed by atoms with Gasteiger partial charge in [-0.05, 0) is 42.4 Å². The molecule has 0 N–H and O–H groups in total. The third-order valence-electron chi connectivity index (χ3n) is 4.02. The Balaban J connectivity index is 2.35. The Labute approximate surface area is 137 Å². The lowest BCUT2D eigenvalue weighted by atomic mass is 9.82. The van der Waals surface area contributed by atoms with Crippen LogP contribution < -0.4 is 0 Å². The molecular formula is C17H14BrClN2. The Morgan fingerprint density at radius 1 is 1.38 bits per heavy atom. The topological polar surface area (TPSA) is 36.7 Å². The lowest BCUT2D eigenvalue weighted by Crippen LogP contribution is -2.15. The number of nitrogens with zero attached hydrogens (tertiary/aromatic N) is 2. The van der Waals surface area contributed by atoms with Gasteiger partial charge in [-0.2, -0.15) is 5.26 Å². The predicted octanol–water partition coefficient (Wildman–Crippen LogP) is 5.16. The SMILES string of the molecule is CC1CCc2nc(Cl)c(C#N)c(-c3ccccc3Br)c2C1. The summed E-state index contributed by atoms with van der Waals surface area (Å²) in [6, 6.07) is 10.2. The first-order valence-electron chi connectivity index (χ1n) is 6.98. The largest absolute Gasteiger partial charge is 0.239 e. The van der Waals surface area contributed by atoms with Crippen molar-refractivity contribution >= 4 is 27.5 Å². The normalized spacial score (nSPS) is 17.1. The second kappa shape index (κ2) is 5.79. The summed E-state index contributed by atoms with van der Waals surface area (Å²) in [4.78, 5) is 4.46. The second-order valence-corrected chi connectivity index (χ2v) is 6.73. The Hall–Kier alpha value is -1.37. The number of fused-ring (bicyclic) bond motifs is 1. The Morgan fingerprint density at radius 2 is 2.14 bits per heavy atom. The molecule has 1 aliphatic rings. The van der Waals surface area contributed by atoms with E-state index in [9.17, 15) is 5.26 Å². The van der Waals surface area contributed by atoms with E-state index in [-0.39, 0.29) is 0 Å². The molecule has 0 bridgehead atoms. The zero-order chi connectivity index (χ0) is 15.0.